The quantitative estimate of drug-likeness (QED) is 0.825. The van der Waals surface area contributed by atoms with E-state index in [1.165, 1.54) is 12.8 Å². The van der Waals surface area contributed by atoms with Gasteiger partial charge in [0, 0.05) is 12.1 Å². The van der Waals surface area contributed by atoms with Crippen LogP contribution < -0.4 is 19.5 Å². The van der Waals surface area contributed by atoms with Gasteiger partial charge >= 0.3 is 0 Å². The number of amides is 1. The Bertz CT molecular complexity index is 829. The lowest BCUT2D eigenvalue weighted by atomic mass is 9.95. The van der Waals surface area contributed by atoms with Crippen molar-refractivity contribution < 1.29 is 19.0 Å². The standard InChI is InChI=1S/C23H27NO4/c1-26-20-10-11-21-17(13-20)12-18(15-27-21)23(25)24-14-16-6-2-5-9-22(16)28-19-7-3-4-8-19/h2,5-6,9-11,13,18-19H,3-4,7-8,12,14-15H2,1H3,(H,24,25). The Labute approximate surface area is 166 Å². The number of hydrogen-bond donors (Lipinski definition) is 1. The summed E-state index contributed by atoms with van der Waals surface area (Å²) in [5.74, 6) is 2.29. The van der Waals surface area contributed by atoms with Gasteiger partial charge in [-0.05, 0) is 61.9 Å². The van der Waals surface area contributed by atoms with Crippen molar-refractivity contribution in [1.29, 1.82) is 0 Å². The van der Waals surface area contributed by atoms with Crippen LogP contribution in [0.15, 0.2) is 42.5 Å². The Hall–Kier alpha value is -2.69. The molecule has 1 saturated carbocycles. The van der Waals surface area contributed by atoms with Gasteiger partial charge in [0.1, 0.15) is 23.9 Å². The molecule has 0 spiro atoms. The number of carbonyl (C=O) groups excluding carboxylic acids is 1. The average Bonchev–Trinajstić information content (AvgIpc) is 3.25. The summed E-state index contributed by atoms with van der Waals surface area (Å²) in [6, 6.07) is 13.7. The number of hydrogen-bond acceptors (Lipinski definition) is 4. The number of benzene rings is 2. The highest BCUT2D eigenvalue weighted by molar-refractivity contribution is 5.79. The van der Waals surface area contributed by atoms with E-state index in [1.807, 2.05) is 42.5 Å². The third kappa shape index (κ3) is 4.24. The molecule has 5 nitrogen and oxygen atoms in total. The monoisotopic (exact) mass is 381 g/mol. The van der Waals surface area contributed by atoms with Gasteiger partial charge in [-0.25, -0.2) is 0 Å². The highest BCUT2D eigenvalue weighted by atomic mass is 16.5. The molecule has 1 aliphatic heterocycles. The van der Waals surface area contributed by atoms with E-state index >= 15 is 0 Å². The predicted octanol–water partition coefficient (Wildman–Crippen LogP) is 3.88. The van der Waals surface area contributed by atoms with Crippen molar-refractivity contribution in [3.8, 4) is 17.2 Å². The van der Waals surface area contributed by atoms with Crippen LogP contribution in [0, 0.1) is 5.92 Å². The van der Waals surface area contributed by atoms with Crippen molar-refractivity contribution in [3.05, 3.63) is 53.6 Å². The number of methoxy groups -OCH3 is 1. The van der Waals surface area contributed by atoms with Gasteiger partial charge in [-0.15, -0.1) is 0 Å². The van der Waals surface area contributed by atoms with E-state index in [0.717, 1.165) is 41.2 Å². The van der Waals surface area contributed by atoms with Crippen LogP contribution in [-0.2, 0) is 17.8 Å². The SMILES string of the molecule is COc1ccc2c(c1)CC(C(=O)NCc1ccccc1OC1CCCC1)CO2. The second kappa shape index (κ2) is 8.55. The molecule has 5 heteroatoms. The van der Waals surface area contributed by atoms with Crippen molar-refractivity contribution >= 4 is 5.91 Å². The summed E-state index contributed by atoms with van der Waals surface area (Å²) in [4.78, 5) is 12.7. The topological polar surface area (TPSA) is 56.8 Å². The summed E-state index contributed by atoms with van der Waals surface area (Å²) >= 11 is 0. The fourth-order valence-electron chi connectivity index (χ4n) is 3.94. The van der Waals surface area contributed by atoms with Crippen LogP contribution in [0.1, 0.15) is 36.8 Å². The van der Waals surface area contributed by atoms with E-state index in [4.69, 9.17) is 14.2 Å². The molecule has 28 heavy (non-hydrogen) atoms. The highest BCUT2D eigenvalue weighted by Gasteiger charge is 2.26. The minimum absolute atomic E-state index is 0.00383. The van der Waals surface area contributed by atoms with Crippen molar-refractivity contribution in [3.63, 3.8) is 0 Å². The molecule has 1 fully saturated rings. The Morgan fingerprint density at radius 1 is 1.18 bits per heavy atom. The van der Waals surface area contributed by atoms with Crippen LogP contribution in [0.5, 0.6) is 17.2 Å². The molecule has 0 radical (unpaired) electrons. The summed E-state index contributed by atoms with van der Waals surface area (Å²) in [6.07, 6.45) is 5.65. The van der Waals surface area contributed by atoms with E-state index < -0.39 is 0 Å². The average molecular weight is 381 g/mol. The smallest absolute Gasteiger partial charge is 0.227 e. The van der Waals surface area contributed by atoms with Crippen molar-refractivity contribution in [2.45, 2.75) is 44.8 Å². The third-order valence-corrected chi connectivity index (χ3v) is 5.57. The summed E-state index contributed by atoms with van der Waals surface area (Å²) in [5.41, 5.74) is 2.03. The van der Waals surface area contributed by atoms with Crippen LogP contribution in [0.2, 0.25) is 0 Å². The number of para-hydroxylation sites is 1. The first-order chi connectivity index (χ1) is 13.7. The molecule has 0 aromatic heterocycles. The number of nitrogens with one attached hydrogen (secondary N) is 1. The maximum atomic E-state index is 12.7. The lowest BCUT2D eigenvalue weighted by Gasteiger charge is -2.25. The molecule has 1 atom stereocenters. The minimum atomic E-state index is -0.206. The van der Waals surface area contributed by atoms with Crippen LogP contribution >= 0.6 is 0 Å². The lowest BCUT2D eigenvalue weighted by molar-refractivity contribution is -0.126. The first-order valence-electron chi connectivity index (χ1n) is 10.0. The summed E-state index contributed by atoms with van der Waals surface area (Å²) in [5, 5.41) is 3.06. The molecule has 2 aromatic rings. The number of fused-ring (bicyclic) bond motifs is 1. The molecule has 1 aliphatic carbocycles. The molecule has 1 amide bonds. The van der Waals surface area contributed by atoms with Crippen LogP contribution in [0.25, 0.3) is 0 Å². The second-order valence-electron chi connectivity index (χ2n) is 7.54. The Morgan fingerprint density at radius 3 is 2.82 bits per heavy atom. The lowest BCUT2D eigenvalue weighted by Crippen LogP contribution is -2.37. The Balaban J connectivity index is 1.37. The summed E-state index contributed by atoms with van der Waals surface area (Å²) < 4.78 is 17.2. The van der Waals surface area contributed by atoms with E-state index in [9.17, 15) is 4.79 Å². The first kappa shape index (κ1) is 18.7. The second-order valence-corrected chi connectivity index (χ2v) is 7.54. The highest BCUT2D eigenvalue weighted by Crippen LogP contribution is 2.31. The van der Waals surface area contributed by atoms with Gasteiger partial charge in [-0.3, -0.25) is 4.79 Å². The van der Waals surface area contributed by atoms with Gasteiger partial charge in [-0.1, -0.05) is 18.2 Å². The largest absolute Gasteiger partial charge is 0.497 e. The maximum Gasteiger partial charge on any atom is 0.227 e. The van der Waals surface area contributed by atoms with E-state index in [0.29, 0.717) is 25.7 Å². The molecule has 0 bridgehead atoms. The molecule has 0 saturated heterocycles. The molecule has 2 aromatic carbocycles. The van der Waals surface area contributed by atoms with E-state index in [2.05, 4.69) is 5.32 Å². The first-order valence-corrected chi connectivity index (χ1v) is 10.0. The molecule has 1 N–H and O–H groups in total. The van der Waals surface area contributed by atoms with Crippen LogP contribution in [0.3, 0.4) is 0 Å². The van der Waals surface area contributed by atoms with Crippen LogP contribution in [-0.4, -0.2) is 25.7 Å². The van der Waals surface area contributed by atoms with Crippen LogP contribution in [0.4, 0.5) is 0 Å². The zero-order valence-electron chi connectivity index (χ0n) is 16.3. The number of ether oxygens (including phenoxy) is 3. The summed E-state index contributed by atoms with van der Waals surface area (Å²) in [6.45, 7) is 0.856. The number of rotatable bonds is 6. The maximum absolute atomic E-state index is 12.7. The number of carbonyl (C=O) groups is 1. The fourth-order valence-corrected chi connectivity index (χ4v) is 3.94. The van der Waals surface area contributed by atoms with E-state index in [1.54, 1.807) is 7.11 Å². The Kier molecular flexibility index (Phi) is 5.70. The molecular formula is C23H27NO4. The summed E-state index contributed by atoms with van der Waals surface area (Å²) in [7, 11) is 1.64. The Morgan fingerprint density at radius 2 is 2.00 bits per heavy atom. The fraction of sp³-hybridized carbons (Fsp3) is 0.435. The minimum Gasteiger partial charge on any atom is -0.497 e. The third-order valence-electron chi connectivity index (χ3n) is 5.57. The molecule has 148 valence electrons. The molecule has 4 rings (SSSR count). The van der Waals surface area contributed by atoms with Crippen molar-refractivity contribution in [1.82, 2.24) is 5.32 Å². The molecule has 2 aliphatic rings. The predicted molar refractivity (Wildman–Crippen MR) is 107 cm³/mol. The molecular weight excluding hydrogens is 354 g/mol. The van der Waals surface area contributed by atoms with Gasteiger partial charge in [0.15, 0.2) is 0 Å². The molecule has 1 unspecified atom stereocenters. The zero-order chi connectivity index (χ0) is 19.3. The van der Waals surface area contributed by atoms with Gasteiger partial charge in [0.25, 0.3) is 0 Å². The van der Waals surface area contributed by atoms with Gasteiger partial charge < -0.3 is 19.5 Å². The van der Waals surface area contributed by atoms with Gasteiger partial charge in [0.2, 0.25) is 5.91 Å². The van der Waals surface area contributed by atoms with E-state index in [-0.39, 0.29) is 11.8 Å². The van der Waals surface area contributed by atoms with Gasteiger partial charge in [-0.2, -0.15) is 0 Å². The van der Waals surface area contributed by atoms with Crippen molar-refractivity contribution in [2.75, 3.05) is 13.7 Å². The zero-order valence-corrected chi connectivity index (χ0v) is 16.3. The van der Waals surface area contributed by atoms with Gasteiger partial charge in [0.05, 0.1) is 19.1 Å². The van der Waals surface area contributed by atoms with Crippen molar-refractivity contribution in [2.24, 2.45) is 5.92 Å². The molecule has 1 heterocycles. The normalized spacial score (nSPS) is 18.8.